The van der Waals surface area contributed by atoms with Gasteiger partial charge in [-0.3, -0.25) is 9.59 Å². The van der Waals surface area contributed by atoms with Crippen LogP contribution >= 0.6 is 0 Å². The molecule has 0 unspecified atom stereocenters. The van der Waals surface area contributed by atoms with Crippen LogP contribution in [0.25, 0.3) is 0 Å². The first-order valence-corrected chi connectivity index (χ1v) is 6.53. The van der Waals surface area contributed by atoms with Crippen LogP contribution in [0.4, 0.5) is 5.82 Å². The Balaban J connectivity index is 2.88. The minimum absolute atomic E-state index is 0.190. The van der Waals surface area contributed by atoms with E-state index in [1.165, 1.54) is 6.21 Å². The molecule has 7 nitrogen and oxygen atoms in total. The highest BCUT2D eigenvalue weighted by Crippen LogP contribution is 2.11. The first-order valence-electron chi connectivity index (χ1n) is 6.53. The maximum absolute atomic E-state index is 11.7. The molecule has 0 aliphatic carbocycles. The highest BCUT2D eigenvalue weighted by Gasteiger charge is 2.27. The lowest BCUT2D eigenvalue weighted by Crippen LogP contribution is -2.29. The number of aliphatic imine (C=N–C) groups is 1. The van der Waals surface area contributed by atoms with Gasteiger partial charge in [-0.15, -0.1) is 0 Å². The Kier molecular flexibility index (Phi) is 6.42. The van der Waals surface area contributed by atoms with Crippen molar-refractivity contribution in [3.05, 3.63) is 12.3 Å². The Bertz CT molecular complexity index is 464. The Morgan fingerprint density at radius 2 is 1.90 bits per heavy atom. The number of hydrogen-bond donors (Lipinski definition) is 0. The van der Waals surface area contributed by atoms with Crippen molar-refractivity contribution in [2.45, 2.75) is 27.3 Å². The number of esters is 2. The minimum atomic E-state index is -1.16. The second kappa shape index (κ2) is 8.08. The van der Waals surface area contributed by atoms with Crippen LogP contribution in [0.15, 0.2) is 17.3 Å². The molecule has 0 aliphatic heterocycles. The van der Waals surface area contributed by atoms with Crippen LogP contribution in [0.3, 0.4) is 0 Å². The summed E-state index contributed by atoms with van der Waals surface area (Å²) in [7, 11) is 0. The summed E-state index contributed by atoms with van der Waals surface area (Å²) in [5, 5.41) is 4.05. The van der Waals surface area contributed by atoms with Crippen molar-refractivity contribution in [1.29, 1.82) is 0 Å². The molecule has 0 saturated carbocycles. The van der Waals surface area contributed by atoms with Gasteiger partial charge in [-0.1, -0.05) is 0 Å². The summed E-state index contributed by atoms with van der Waals surface area (Å²) >= 11 is 0. The number of aromatic nitrogens is 2. The topological polar surface area (TPSA) is 82.8 Å². The number of nitrogens with zero attached hydrogens (tertiary/aromatic N) is 3. The molecule has 0 aromatic carbocycles. The molecule has 7 heteroatoms. The number of carbonyl (C=O) groups excluding carboxylic acids is 2. The Morgan fingerprint density at radius 3 is 2.40 bits per heavy atom. The van der Waals surface area contributed by atoms with Gasteiger partial charge in [-0.2, -0.15) is 5.10 Å². The second-order valence-corrected chi connectivity index (χ2v) is 3.77. The van der Waals surface area contributed by atoms with Gasteiger partial charge in [-0.25, -0.2) is 9.67 Å². The molecule has 1 heterocycles. The van der Waals surface area contributed by atoms with Crippen LogP contribution in [0.5, 0.6) is 0 Å². The van der Waals surface area contributed by atoms with Crippen molar-refractivity contribution in [2.24, 2.45) is 10.9 Å². The summed E-state index contributed by atoms with van der Waals surface area (Å²) in [4.78, 5) is 27.6. The van der Waals surface area contributed by atoms with E-state index in [1.54, 1.807) is 30.8 Å². The van der Waals surface area contributed by atoms with E-state index in [0.29, 0.717) is 12.4 Å². The van der Waals surface area contributed by atoms with Crippen molar-refractivity contribution in [3.63, 3.8) is 0 Å². The SMILES string of the molecule is CCOC(=O)C(C=Nc1ccnn1CC)C(=O)OCC. The predicted molar refractivity (Wildman–Crippen MR) is 72.8 cm³/mol. The van der Waals surface area contributed by atoms with Gasteiger partial charge in [0.15, 0.2) is 5.92 Å². The molecule has 0 amide bonds. The standard InChI is InChI=1S/C13H19N3O4/c1-4-16-11(7-8-15-16)14-9-10(12(17)19-5-2)13(18)20-6-3/h7-10H,4-6H2,1-3H3. The monoisotopic (exact) mass is 281 g/mol. The Hall–Kier alpha value is -2.18. The maximum atomic E-state index is 11.7. The summed E-state index contributed by atoms with van der Waals surface area (Å²) in [6, 6.07) is 1.69. The van der Waals surface area contributed by atoms with E-state index in [2.05, 4.69) is 10.1 Å². The Morgan fingerprint density at radius 1 is 1.30 bits per heavy atom. The van der Waals surface area contributed by atoms with Crippen LogP contribution in [-0.4, -0.2) is 41.1 Å². The molecule has 0 atom stereocenters. The van der Waals surface area contributed by atoms with Crippen LogP contribution in [0, 0.1) is 5.92 Å². The number of rotatable bonds is 7. The smallest absolute Gasteiger partial charge is 0.325 e. The molecule has 0 radical (unpaired) electrons. The fourth-order valence-electron chi connectivity index (χ4n) is 1.51. The first-order chi connectivity index (χ1) is 9.63. The van der Waals surface area contributed by atoms with Crippen molar-refractivity contribution in [2.75, 3.05) is 13.2 Å². The van der Waals surface area contributed by atoms with Crippen molar-refractivity contribution in [1.82, 2.24) is 9.78 Å². The first kappa shape index (κ1) is 15.9. The molecular weight excluding hydrogens is 262 g/mol. The van der Waals surface area contributed by atoms with Gasteiger partial charge in [-0.05, 0) is 20.8 Å². The van der Waals surface area contributed by atoms with E-state index in [-0.39, 0.29) is 13.2 Å². The summed E-state index contributed by atoms with van der Waals surface area (Å²) in [5.41, 5.74) is 0. The van der Waals surface area contributed by atoms with E-state index in [4.69, 9.17) is 9.47 Å². The zero-order valence-corrected chi connectivity index (χ0v) is 11.9. The number of ether oxygens (including phenoxy) is 2. The quantitative estimate of drug-likeness (QED) is 0.428. The van der Waals surface area contributed by atoms with Gasteiger partial charge in [0.25, 0.3) is 0 Å². The lowest BCUT2D eigenvalue weighted by atomic mass is 10.2. The molecular formula is C13H19N3O4. The van der Waals surface area contributed by atoms with E-state index < -0.39 is 17.9 Å². The van der Waals surface area contributed by atoms with Crippen LogP contribution in [0.2, 0.25) is 0 Å². The van der Waals surface area contributed by atoms with Crippen molar-refractivity contribution >= 4 is 24.0 Å². The average Bonchev–Trinajstić information content (AvgIpc) is 2.87. The lowest BCUT2D eigenvalue weighted by molar-refractivity contribution is -0.157. The van der Waals surface area contributed by atoms with Gasteiger partial charge in [0, 0.05) is 18.8 Å². The predicted octanol–water partition coefficient (Wildman–Crippen LogP) is 1.35. The van der Waals surface area contributed by atoms with Gasteiger partial charge in [0.2, 0.25) is 0 Å². The third-order valence-electron chi connectivity index (χ3n) is 2.43. The van der Waals surface area contributed by atoms with Crippen LogP contribution in [-0.2, 0) is 25.6 Å². The number of hydrogen-bond acceptors (Lipinski definition) is 6. The highest BCUT2D eigenvalue weighted by atomic mass is 16.6. The normalized spacial score (nSPS) is 11.0. The summed E-state index contributed by atoms with van der Waals surface area (Å²) in [5.74, 6) is -1.93. The molecule has 110 valence electrons. The van der Waals surface area contributed by atoms with E-state index in [9.17, 15) is 9.59 Å². The molecule has 20 heavy (non-hydrogen) atoms. The molecule has 0 fully saturated rings. The molecule has 0 aliphatic rings. The highest BCUT2D eigenvalue weighted by molar-refractivity contribution is 6.09. The maximum Gasteiger partial charge on any atom is 0.325 e. The molecule has 0 saturated heterocycles. The zero-order valence-electron chi connectivity index (χ0n) is 11.9. The molecule has 1 aromatic rings. The largest absolute Gasteiger partial charge is 0.465 e. The Labute approximate surface area is 117 Å². The van der Waals surface area contributed by atoms with E-state index in [0.717, 1.165) is 0 Å². The lowest BCUT2D eigenvalue weighted by Gasteiger charge is -2.10. The number of aryl methyl sites for hydroxylation is 1. The van der Waals surface area contributed by atoms with E-state index in [1.807, 2.05) is 6.92 Å². The van der Waals surface area contributed by atoms with Crippen LogP contribution < -0.4 is 0 Å². The fraction of sp³-hybridized carbons (Fsp3) is 0.538. The summed E-state index contributed by atoms with van der Waals surface area (Å²) in [6.45, 7) is 6.28. The molecule has 1 aromatic heterocycles. The van der Waals surface area contributed by atoms with Gasteiger partial charge >= 0.3 is 11.9 Å². The second-order valence-electron chi connectivity index (χ2n) is 3.77. The fourth-order valence-corrected chi connectivity index (χ4v) is 1.51. The third kappa shape index (κ3) is 4.18. The minimum Gasteiger partial charge on any atom is -0.465 e. The number of carbonyl (C=O) groups is 2. The zero-order chi connectivity index (χ0) is 15.0. The van der Waals surface area contributed by atoms with E-state index >= 15 is 0 Å². The molecule has 1 rings (SSSR count). The van der Waals surface area contributed by atoms with Gasteiger partial charge in [0.05, 0.1) is 19.4 Å². The summed E-state index contributed by atoms with van der Waals surface area (Å²) in [6.07, 6.45) is 2.83. The molecule has 0 N–H and O–H groups in total. The molecule has 0 spiro atoms. The molecule has 0 bridgehead atoms. The van der Waals surface area contributed by atoms with Crippen LogP contribution in [0.1, 0.15) is 20.8 Å². The van der Waals surface area contributed by atoms with Gasteiger partial charge < -0.3 is 9.47 Å². The van der Waals surface area contributed by atoms with Gasteiger partial charge in [0.1, 0.15) is 5.82 Å². The average molecular weight is 281 g/mol. The third-order valence-corrected chi connectivity index (χ3v) is 2.43. The summed E-state index contributed by atoms with van der Waals surface area (Å²) < 4.78 is 11.3. The van der Waals surface area contributed by atoms with Crippen molar-refractivity contribution < 1.29 is 19.1 Å². The van der Waals surface area contributed by atoms with Crippen molar-refractivity contribution in [3.8, 4) is 0 Å².